The van der Waals surface area contributed by atoms with Gasteiger partial charge in [-0.3, -0.25) is 0 Å². The summed E-state index contributed by atoms with van der Waals surface area (Å²) in [6.07, 6.45) is 0. The summed E-state index contributed by atoms with van der Waals surface area (Å²) in [6, 6.07) is 3.87. The molecule has 1 aromatic rings. The van der Waals surface area contributed by atoms with Crippen LogP contribution in [0.1, 0.15) is 11.1 Å². The number of hydrogen-bond acceptors (Lipinski definition) is 4. The molecule has 0 aromatic heterocycles. The molecule has 0 saturated heterocycles. The first-order chi connectivity index (χ1) is 6.91. The van der Waals surface area contributed by atoms with Crippen LogP contribution < -0.4 is 9.55 Å². The van der Waals surface area contributed by atoms with Crippen molar-refractivity contribution in [2.24, 2.45) is 0 Å². The highest BCUT2D eigenvalue weighted by molar-refractivity contribution is 6.33. The Labute approximate surface area is 90.3 Å². The van der Waals surface area contributed by atoms with Crippen molar-refractivity contribution in [3.63, 3.8) is 0 Å². The molecule has 82 valence electrons. The largest absolute Gasteiger partial charge is 0.707 e. The maximum Gasteiger partial charge on any atom is 0.707 e. The second-order valence-electron chi connectivity index (χ2n) is 3.75. The topological polar surface area (TPSA) is 52.9 Å². The molecule has 0 atom stereocenters. The van der Waals surface area contributed by atoms with Crippen LogP contribution in [-0.2, 0) is 0 Å². The maximum atomic E-state index is 8.76. The van der Waals surface area contributed by atoms with Crippen molar-refractivity contribution < 1.29 is 14.7 Å². The molecule has 1 rings (SSSR count). The van der Waals surface area contributed by atoms with Crippen LogP contribution in [0.4, 0.5) is 5.69 Å². The molecule has 0 saturated carbocycles. The fraction of sp³-hybridized carbons (Fsp3) is 0.400. The summed E-state index contributed by atoms with van der Waals surface area (Å²) >= 11 is 0. The Hall–Kier alpha value is -1.20. The second kappa shape index (κ2) is 4.55. The van der Waals surface area contributed by atoms with Gasteiger partial charge in [-0.25, -0.2) is 0 Å². The summed E-state index contributed by atoms with van der Waals surface area (Å²) in [5.74, 6) is 0.524. The van der Waals surface area contributed by atoms with E-state index in [0.717, 1.165) is 16.8 Å². The number of aryl methyl sites for hydroxylation is 2. The van der Waals surface area contributed by atoms with Crippen molar-refractivity contribution in [3.8, 4) is 5.75 Å². The molecular weight excluding hydrogens is 193 g/mol. The minimum Gasteiger partial charge on any atom is -0.512 e. The lowest BCUT2D eigenvalue weighted by molar-refractivity contribution is 0.286. The number of nitrogens with zero attached hydrogens (tertiary/aromatic N) is 1. The summed E-state index contributed by atoms with van der Waals surface area (Å²) in [4.78, 5) is 1.99. The van der Waals surface area contributed by atoms with E-state index in [9.17, 15) is 0 Å². The summed E-state index contributed by atoms with van der Waals surface area (Å²) in [7, 11) is 2.14. The molecular formula is C10H16BNO3. The second-order valence-corrected chi connectivity index (χ2v) is 3.75. The van der Waals surface area contributed by atoms with Crippen molar-refractivity contribution in [1.82, 2.24) is 0 Å². The monoisotopic (exact) mass is 209 g/mol. The summed E-state index contributed by atoms with van der Waals surface area (Å²) in [5, 5.41) is 17.5. The van der Waals surface area contributed by atoms with Gasteiger partial charge in [-0.15, -0.1) is 0 Å². The molecule has 0 aliphatic carbocycles. The van der Waals surface area contributed by atoms with Gasteiger partial charge in [0.05, 0.1) is 0 Å². The number of benzene rings is 1. The zero-order valence-corrected chi connectivity index (χ0v) is 9.48. The van der Waals surface area contributed by atoms with Gasteiger partial charge in [-0.05, 0) is 37.1 Å². The lowest BCUT2D eigenvalue weighted by Gasteiger charge is -2.18. The number of anilines is 1. The van der Waals surface area contributed by atoms with Crippen molar-refractivity contribution in [1.29, 1.82) is 0 Å². The highest BCUT2D eigenvalue weighted by atomic mass is 16.6. The average Bonchev–Trinajstić information content (AvgIpc) is 2.10. The van der Waals surface area contributed by atoms with Crippen LogP contribution in [0.3, 0.4) is 0 Å². The highest BCUT2D eigenvalue weighted by Crippen LogP contribution is 2.28. The lowest BCUT2D eigenvalue weighted by atomic mass is 10.1. The van der Waals surface area contributed by atoms with Crippen LogP contribution in [0.25, 0.3) is 0 Å². The van der Waals surface area contributed by atoms with Crippen molar-refractivity contribution >= 4 is 13.0 Å². The Balaban J connectivity index is 3.10. The van der Waals surface area contributed by atoms with Gasteiger partial charge >= 0.3 is 7.32 Å². The molecule has 15 heavy (non-hydrogen) atoms. The van der Waals surface area contributed by atoms with Crippen LogP contribution in [0.15, 0.2) is 12.1 Å². The van der Waals surface area contributed by atoms with Gasteiger partial charge in [-0.1, -0.05) is 0 Å². The van der Waals surface area contributed by atoms with E-state index in [-0.39, 0.29) is 0 Å². The van der Waals surface area contributed by atoms with E-state index >= 15 is 0 Å². The molecule has 0 fully saturated rings. The molecule has 2 N–H and O–H groups in total. The predicted molar refractivity (Wildman–Crippen MR) is 61.1 cm³/mol. The first-order valence-electron chi connectivity index (χ1n) is 4.73. The van der Waals surface area contributed by atoms with E-state index in [0.29, 0.717) is 5.75 Å². The first kappa shape index (κ1) is 11.9. The maximum absolute atomic E-state index is 8.76. The Kier molecular flexibility index (Phi) is 3.60. The van der Waals surface area contributed by atoms with Crippen LogP contribution in [-0.4, -0.2) is 31.5 Å². The standard InChI is InChI=1S/C10H16BNO3/c1-7-5-9(12(3)4)6-8(2)10(7)15-11(13)14/h5-6,13-14H,1-4H3. The molecule has 0 heterocycles. The van der Waals surface area contributed by atoms with E-state index in [1.165, 1.54) is 0 Å². The van der Waals surface area contributed by atoms with Crippen molar-refractivity contribution in [3.05, 3.63) is 23.3 Å². The van der Waals surface area contributed by atoms with Gasteiger partial charge in [0.2, 0.25) is 0 Å². The van der Waals surface area contributed by atoms with E-state index in [1.807, 2.05) is 45.0 Å². The predicted octanol–water partition coefficient (Wildman–Crippen LogP) is 0.718. The zero-order valence-electron chi connectivity index (χ0n) is 9.48. The van der Waals surface area contributed by atoms with Crippen molar-refractivity contribution in [2.75, 3.05) is 19.0 Å². The molecule has 1 aromatic carbocycles. The van der Waals surface area contributed by atoms with Crippen LogP contribution in [0.5, 0.6) is 5.75 Å². The summed E-state index contributed by atoms with van der Waals surface area (Å²) < 4.78 is 4.90. The Morgan fingerprint density at radius 3 is 1.93 bits per heavy atom. The quantitative estimate of drug-likeness (QED) is 0.720. The molecule has 0 aliphatic heterocycles. The fourth-order valence-corrected chi connectivity index (χ4v) is 1.48. The Morgan fingerprint density at radius 1 is 1.13 bits per heavy atom. The average molecular weight is 209 g/mol. The molecule has 0 bridgehead atoms. The molecule has 0 radical (unpaired) electrons. The van der Waals surface area contributed by atoms with Crippen LogP contribution >= 0.6 is 0 Å². The fourth-order valence-electron chi connectivity index (χ4n) is 1.48. The molecule has 0 unspecified atom stereocenters. The lowest BCUT2D eigenvalue weighted by Crippen LogP contribution is -2.22. The number of hydrogen-bond donors (Lipinski definition) is 2. The van der Waals surface area contributed by atoms with Crippen molar-refractivity contribution in [2.45, 2.75) is 13.8 Å². The third kappa shape index (κ3) is 2.87. The van der Waals surface area contributed by atoms with Crippen LogP contribution in [0.2, 0.25) is 0 Å². The Bertz CT molecular complexity index is 330. The van der Waals surface area contributed by atoms with E-state index in [4.69, 9.17) is 14.7 Å². The minimum atomic E-state index is -1.77. The normalized spacial score (nSPS) is 10.0. The molecule has 4 nitrogen and oxygen atoms in total. The van der Waals surface area contributed by atoms with Gasteiger partial charge < -0.3 is 19.6 Å². The Morgan fingerprint density at radius 2 is 1.60 bits per heavy atom. The first-order valence-corrected chi connectivity index (χ1v) is 4.73. The third-order valence-electron chi connectivity index (χ3n) is 2.18. The number of rotatable bonds is 3. The van der Waals surface area contributed by atoms with Gasteiger partial charge in [0.25, 0.3) is 0 Å². The zero-order chi connectivity index (χ0) is 11.6. The minimum absolute atomic E-state index is 0.524. The van der Waals surface area contributed by atoms with Gasteiger partial charge in [-0.2, -0.15) is 0 Å². The SMILES string of the molecule is Cc1cc(N(C)C)cc(C)c1OB(O)O. The smallest absolute Gasteiger partial charge is 0.512 e. The summed E-state index contributed by atoms with van der Waals surface area (Å²) in [5.41, 5.74) is 2.82. The molecule has 0 amide bonds. The van der Waals surface area contributed by atoms with Gasteiger partial charge in [0.15, 0.2) is 0 Å². The summed E-state index contributed by atoms with van der Waals surface area (Å²) in [6.45, 7) is 3.75. The molecule has 0 aliphatic rings. The van der Waals surface area contributed by atoms with E-state index in [1.54, 1.807) is 0 Å². The molecule has 5 heteroatoms. The van der Waals surface area contributed by atoms with Gasteiger partial charge in [0.1, 0.15) is 5.75 Å². The van der Waals surface area contributed by atoms with E-state index in [2.05, 4.69) is 0 Å². The highest BCUT2D eigenvalue weighted by Gasteiger charge is 2.15. The van der Waals surface area contributed by atoms with Gasteiger partial charge in [0, 0.05) is 19.8 Å². The van der Waals surface area contributed by atoms with E-state index < -0.39 is 7.32 Å². The molecule has 0 spiro atoms. The third-order valence-corrected chi connectivity index (χ3v) is 2.18. The van der Waals surface area contributed by atoms with Crippen LogP contribution in [0, 0.1) is 13.8 Å².